The first kappa shape index (κ1) is 19.7. The molecule has 0 unspecified atom stereocenters. The zero-order valence-corrected chi connectivity index (χ0v) is 17.0. The number of hydrogen-bond donors (Lipinski definition) is 0. The molecular weight excluding hydrogens is 350 g/mol. The number of nitrogens with zero attached hydrogens (tertiary/aromatic N) is 3. The highest BCUT2D eigenvalue weighted by molar-refractivity contribution is 6.06. The van der Waals surface area contributed by atoms with E-state index >= 15 is 0 Å². The van der Waals surface area contributed by atoms with E-state index in [0.717, 1.165) is 34.8 Å². The van der Waals surface area contributed by atoms with E-state index in [1.54, 1.807) is 4.90 Å². The molecule has 146 valence electrons. The van der Waals surface area contributed by atoms with Gasteiger partial charge in [0.2, 0.25) is 0 Å². The molecule has 5 nitrogen and oxygen atoms in total. The third-order valence-electron chi connectivity index (χ3n) is 4.86. The standard InChI is InChI=1S/C23H27N3O2/c1-5-15-28-21-13-11-19(12-14-21)23(27)26(20-9-7-6-8-10-20)16-22-17(2)24-25(4)18(22)3/h6-14H,5,15-16H2,1-4H3. The van der Waals surface area contributed by atoms with E-state index in [9.17, 15) is 4.79 Å². The lowest BCUT2D eigenvalue weighted by molar-refractivity contribution is 0.0985. The van der Waals surface area contributed by atoms with Crippen LogP contribution in [0.25, 0.3) is 0 Å². The van der Waals surface area contributed by atoms with Crippen LogP contribution in [0, 0.1) is 13.8 Å². The lowest BCUT2D eigenvalue weighted by Gasteiger charge is -2.23. The van der Waals surface area contributed by atoms with E-state index in [1.807, 2.05) is 80.2 Å². The summed E-state index contributed by atoms with van der Waals surface area (Å²) >= 11 is 0. The minimum atomic E-state index is -0.0455. The summed E-state index contributed by atoms with van der Waals surface area (Å²) in [6.07, 6.45) is 0.951. The topological polar surface area (TPSA) is 47.4 Å². The molecule has 3 aromatic rings. The highest BCUT2D eigenvalue weighted by Gasteiger charge is 2.21. The van der Waals surface area contributed by atoms with E-state index in [0.29, 0.717) is 18.7 Å². The van der Waals surface area contributed by atoms with E-state index < -0.39 is 0 Å². The second-order valence-electron chi connectivity index (χ2n) is 6.87. The molecule has 0 aliphatic carbocycles. The van der Waals surface area contributed by atoms with Gasteiger partial charge in [-0.25, -0.2) is 0 Å². The Labute approximate surface area is 166 Å². The first-order chi connectivity index (χ1) is 13.5. The van der Waals surface area contributed by atoms with Crippen LogP contribution in [0.2, 0.25) is 0 Å². The normalized spacial score (nSPS) is 10.7. The fourth-order valence-corrected chi connectivity index (χ4v) is 3.16. The number of ether oxygens (including phenoxy) is 1. The van der Waals surface area contributed by atoms with Gasteiger partial charge in [0.25, 0.3) is 5.91 Å². The molecule has 0 atom stereocenters. The zero-order chi connectivity index (χ0) is 20.1. The number of aromatic nitrogens is 2. The van der Waals surface area contributed by atoms with Crippen LogP contribution >= 0.6 is 0 Å². The van der Waals surface area contributed by atoms with Gasteiger partial charge in [-0.1, -0.05) is 25.1 Å². The molecule has 2 aromatic carbocycles. The number of carbonyl (C=O) groups is 1. The van der Waals surface area contributed by atoms with Crippen LogP contribution in [0.3, 0.4) is 0 Å². The first-order valence-electron chi connectivity index (χ1n) is 9.60. The summed E-state index contributed by atoms with van der Waals surface area (Å²) in [5, 5.41) is 4.49. The molecular formula is C23H27N3O2. The second kappa shape index (κ2) is 8.74. The third kappa shape index (κ3) is 4.25. The summed E-state index contributed by atoms with van der Waals surface area (Å²) in [5.74, 6) is 0.736. The molecule has 0 aliphatic rings. The Hall–Kier alpha value is -3.08. The van der Waals surface area contributed by atoms with Crippen molar-refractivity contribution < 1.29 is 9.53 Å². The molecule has 0 radical (unpaired) electrons. The van der Waals surface area contributed by atoms with Gasteiger partial charge in [-0.2, -0.15) is 5.10 Å². The molecule has 1 heterocycles. The quantitative estimate of drug-likeness (QED) is 0.601. The van der Waals surface area contributed by atoms with Gasteiger partial charge in [-0.15, -0.1) is 0 Å². The molecule has 0 N–H and O–H groups in total. The van der Waals surface area contributed by atoms with Crippen molar-refractivity contribution >= 4 is 11.6 Å². The molecule has 0 saturated heterocycles. The third-order valence-corrected chi connectivity index (χ3v) is 4.86. The molecule has 0 spiro atoms. The van der Waals surface area contributed by atoms with Gasteiger partial charge in [-0.3, -0.25) is 9.48 Å². The Balaban J connectivity index is 1.91. The van der Waals surface area contributed by atoms with Gasteiger partial charge in [0.05, 0.1) is 18.8 Å². The number of hydrogen-bond acceptors (Lipinski definition) is 3. The van der Waals surface area contributed by atoms with Crippen LogP contribution in [-0.2, 0) is 13.6 Å². The van der Waals surface area contributed by atoms with Crippen LogP contribution in [0.5, 0.6) is 5.75 Å². The van der Waals surface area contributed by atoms with Crippen molar-refractivity contribution in [2.45, 2.75) is 33.7 Å². The van der Waals surface area contributed by atoms with Gasteiger partial charge in [0, 0.05) is 29.6 Å². The molecule has 0 aliphatic heterocycles. The average Bonchev–Trinajstić information content (AvgIpc) is 2.96. The molecule has 5 heteroatoms. The Morgan fingerprint density at radius 3 is 2.32 bits per heavy atom. The van der Waals surface area contributed by atoms with Crippen molar-refractivity contribution in [3.8, 4) is 5.75 Å². The second-order valence-corrected chi connectivity index (χ2v) is 6.87. The minimum Gasteiger partial charge on any atom is -0.494 e. The maximum absolute atomic E-state index is 13.4. The van der Waals surface area contributed by atoms with Gasteiger partial charge in [0.15, 0.2) is 0 Å². The fraction of sp³-hybridized carbons (Fsp3) is 0.304. The molecule has 3 rings (SSSR count). The van der Waals surface area contributed by atoms with Gasteiger partial charge >= 0.3 is 0 Å². The predicted molar refractivity (Wildman–Crippen MR) is 112 cm³/mol. The highest BCUT2D eigenvalue weighted by atomic mass is 16.5. The van der Waals surface area contributed by atoms with Gasteiger partial charge in [0.1, 0.15) is 5.75 Å². The van der Waals surface area contributed by atoms with E-state index in [2.05, 4.69) is 12.0 Å². The van der Waals surface area contributed by atoms with E-state index in [1.165, 1.54) is 0 Å². The summed E-state index contributed by atoms with van der Waals surface area (Å²) < 4.78 is 7.49. The molecule has 1 amide bonds. The van der Waals surface area contributed by atoms with Crippen molar-refractivity contribution in [2.24, 2.45) is 7.05 Å². The van der Waals surface area contributed by atoms with Crippen molar-refractivity contribution in [1.82, 2.24) is 9.78 Å². The van der Waals surface area contributed by atoms with Crippen LogP contribution in [0.4, 0.5) is 5.69 Å². The molecule has 0 bridgehead atoms. The number of amides is 1. The fourth-order valence-electron chi connectivity index (χ4n) is 3.16. The Bertz CT molecular complexity index is 930. The van der Waals surface area contributed by atoms with Crippen LogP contribution in [0.15, 0.2) is 54.6 Å². The van der Waals surface area contributed by atoms with Crippen molar-refractivity contribution in [2.75, 3.05) is 11.5 Å². The Morgan fingerprint density at radius 2 is 1.75 bits per heavy atom. The van der Waals surface area contributed by atoms with Gasteiger partial charge < -0.3 is 9.64 Å². The molecule has 0 saturated carbocycles. The SMILES string of the molecule is CCCOc1ccc(C(=O)N(Cc2c(C)nn(C)c2C)c2ccccc2)cc1. The number of benzene rings is 2. The average molecular weight is 377 g/mol. The summed E-state index contributed by atoms with van der Waals surface area (Å²) in [6.45, 7) is 7.22. The minimum absolute atomic E-state index is 0.0455. The van der Waals surface area contributed by atoms with Crippen LogP contribution in [-0.4, -0.2) is 22.3 Å². The zero-order valence-electron chi connectivity index (χ0n) is 17.0. The molecule has 0 fully saturated rings. The Kier molecular flexibility index (Phi) is 6.14. The maximum atomic E-state index is 13.4. The number of aryl methyl sites for hydroxylation is 2. The maximum Gasteiger partial charge on any atom is 0.258 e. The number of carbonyl (C=O) groups excluding carboxylic acids is 1. The van der Waals surface area contributed by atoms with E-state index in [4.69, 9.17) is 4.74 Å². The number of anilines is 1. The number of para-hydroxylation sites is 1. The first-order valence-corrected chi connectivity index (χ1v) is 9.60. The van der Waals surface area contributed by atoms with Crippen molar-refractivity contribution in [3.05, 3.63) is 77.1 Å². The highest BCUT2D eigenvalue weighted by Crippen LogP contribution is 2.24. The molecule has 28 heavy (non-hydrogen) atoms. The summed E-state index contributed by atoms with van der Waals surface area (Å²) in [7, 11) is 1.93. The smallest absolute Gasteiger partial charge is 0.258 e. The monoisotopic (exact) mass is 377 g/mol. The molecule has 1 aromatic heterocycles. The summed E-state index contributed by atoms with van der Waals surface area (Å²) in [5.41, 5.74) is 4.57. The van der Waals surface area contributed by atoms with Crippen LogP contribution < -0.4 is 9.64 Å². The lowest BCUT2D eigenvalue weighted by atomic mass is 10.1. The lowest BCUT2D eigenvalue weighted by Crippen LogP contribution is -2.30. The largest absolute Gasteiger partial charge is 0.494 e. The summed E-state index contributed by atoms with van der Waals surface area (Å²) in [6, 6.07) is 17.1. The van der Waals surface area contributed by atoms with Gasteiger partial charge in [-0.05, 0) is 56.7 Å². The predicted octanol–water partition coefficient (Wildman–Crippen LogP) is 4.67. The number of rotatable bonds is 7. The Morgan fingerprint density at radius 1 is 1.07 bits per heavy atom. The van der Waals surface area contributed by atoms with Crippen molar-refractivity contribution in [3.63, 3.8) is 0 Å². The summed E-state index contributed by atoms with van der Waals surface area (Å²) in [4.78, 5) is 15.2. The van der Waals surface area contributed by atoms with Crippen molar-refractivity contribution in [1.29, 1.82) is 0 Å². The van der Waals surface area contributed by atoms with E-state index in [-0.39, 0.29) is 5.91 Å². The van der Waals surface area contributed by atoms with Crippen LogP contribution in [0.1, 0.15) is 40.7 Å².